The molecule has 0 aromatic carbocycles. The predicted molar refractivity (Wildman–Crippen MR) is 83.0 cm³/mol. The van der Waals surface area contributed by atoms with Crippen molar-refractivity contribution in [1.82, 2.24) is 15.5 Å². The first-order chi connectivity index (χ1) is 10.2. The Bertz CT molecular complexity index is 404. The molecule has 4 rings (SSSR count). The third kappa shape index (κ3) is 2.50. The van der Waals surface area contributed by atoms with Gasteiger partial charge in [0.1, 0.15) is 0 Å². The monoisotopic (exact) mass is 291 g/mol. The van der Waals surface area contributed by atoms with Crippen LogP contribution in [0.4, 0.5) is 0 Å². The molecule has 118 valence electrons. The van der Waals surface area contributed by atoms with Crippen molar-refractivity contribution in [2.24, 2.45) is 17.3 Å². The van der Waals surface area contributed by atoms with Crippen molar-refractivity contribution in [3.63, 3.8) is 0 Å². The molecule has 3 aliphatic heterocycles. The number of hydrogen-bond donors (Lipinski definition) is 2. The highest BCUT2D eigenvalue weighted by atomic mass is 16.2. The van der Waals surface area contributed by atoms with E-state index in [0.29, 0.717) is 23.2 Å². The van der Waals surface area contributed by atoms with Crippen LogP contribution in [0.2, 0.25) is 0 Å². The SMILES string of the molecule is CN1C2CCC1CC(CNC(=O)C1CC13CCNCC3)C2. The highest BCUT2D eigenvalue weighted by Crippen LogP contribution is 2.58. The van der Waals surface area contributed by atoms with Crippen LogP contribution in [0, 0.1) is 17.3 Å². The van der Waals surface area contributed by atoms with E-state index in [9.17, 15) is 4.79 Å². The molecule has 2 N–H and O–H groups in total. The van der Waals surface area contributed by atoms with Crippen molar-refractivity contribution in [2.75, 3.05) is 26.7 Å². The molecule has 1 aliphatic carbocycles. The standard InChI is InChI=1S/C17H29N3O/c1-20-13-2-3-14(20)9-12(8-13)11-19-16(21)15-10-17(15)4-6-18-7-5-17/h12-15,18H,2-11H2,1H3,(H,19,21). The molecule has 4 fully saturated rings. The molecule has 3 saturated heterocycles. The van der Waals surface area contributed by atoms with E-state index in [0.717, 1.165) is 38.1 Å². The van der Waals surface area contributed by atoms with Gasteiger partial charge in [-0.2, -0.15) is 0 Å². The van der Waals surface area contributed by atoms with Gasteiger partial charge >= 0.3 is 0 Å². The molecule has 1 amide bonds. The van der Waals surface area contributed by atoms with Crippen LogP contribution >= 0.6 is 0 Å². The van der Waals surface area contributed by atoms with Gasteiger partial charge in [0.05, 0.1) is 0 Å². The molecule has 4 heteroatoms. The van der Waals surface area contributed by atoms with E-state index >= 15 is 0 Å². The Labute approximate surface area is 128 Å². The molecule has 21 heavy (non-hydrogen) atoms. The number of rotatable bonds is 3. The van der Waals surface area contributed by atoms with E-state index in [2.05, 4.69) is 22.6 Å². The summed E-state index contributed by atoms with van der Waals surface area (Å²) in [5.41, 5.74) is 0.376. The van der Waals surface area contributed by atoms with Gasteiger partial charge in [0.25, 0.3) is 0 Å². The van der Waals surface area contributed by atoms with Crippen LogP contribution in [0.1, 0.15) is 44.9 Å². The summed E-state index contributed by atoms with van der Waals surface area (Å²) in [6.45, 7) is 3.12. The Morgan fingerprint density at radius 1 is 1.24 bits per heavy atom. The first kappa shape index (κ1) is 14.0. The van der Waals surface area contributed by atoms with E-state index in [1.807, 2.05) is 0 Å². The number of amides is 1. The lowest BCUT2D eigenvalue weighted by Gasteiger charge is -2.36. The molecular formula is C17H29N3O. The lowest BCUT2D eigenvalue weighted by atomic mass is 9.90. The fraction of sp³-hybridized carbons (Fsp3) is 0.941. The number of nitrogens with zero attached hydrogens (tertiary/aromatic N) is 1. The Morgan fingerprint density at radius 2 is 1.90 bits per heavy atom. The second-order valence-corrected chi connectivity index (χ2v) is 8.00. The van der Waals surface area contributed by atoms with Crippen molar-refractivity contribution < 1.29 is 4.79 Å². The Morgan fingerprint density at radius 3 is 2.57 bits per heavy atom. The van der Waals surface area contributed by atoms with Crippen molar-refractivity contribution in [3.05, 3.63) is 0 Å². The fourth-order valence-corrected chi connectivity index (χ4v) is 5.25. The molecular weight excluding hydrogens is 262 g/mol. The zero-order valence-corrected chi connectivity index (χ0v) is 13.2. The molecule has 4 nitrogen and oxygen atoms in total. The summed E-state index contributed by atoms with van der Waals surface area (Å²) in [4.78, 5) is 15.0. The van der Waals surface area contributed by atoms with Crippen LogP contribution in [0.5, 0.6) is 0 Å². The zero-order valence-electron chi connectivity index (χ0n) is 13.2. The van der Waals surface area contributed by atoms with Crippen LogP contribution < -0.4 is 10.6 Å². The summed E-state index contributed by atoms with van der Waals surface area (Å²) in [5, 5.41) is 6.70. The molecule has 1 saturated carbocycles. The normalized spacial score (nSPS) is 41.2. The number of fused-ring (bicyclic) bond motifs is 2. The van der Waals surface area contributed by atoms with Gasteiger partial charge in [0.15, 0.2) is 0 Å². The molecule has 0 aromatic heterocycles. The maximum absolute atomic E-state index is 12.4. The molecule has 3 heterocycles. The van der Waals surface area contributed by atoms with Crippen LogP contribution in [-0.4, -0.2) is 49.6 Å². The minimum Gasteiger partial charge on any atom is -0.356 e. The maximum Gasteiger partial charge on any atom is 0.223 e. The second kappa shape index (κ2) is 5.24. The third-order valence-electron chi connectivity index (χ3n) is 6.87. The average Bonchev–Trinajstić information content (AvgIpc) is 3.15. The molecule has 1 spiro atoms. The van der Waals surface area contributed by atoms with Crippen molar-refractivity contribution in [3.8, 4) is 0 Å². The second-order valence-electron chi connectivity index (χ2n) is 8.00. The topological polar surface area (TPSA) is 44.4 Å². The first-order valence-corrected chi connectivity index (χ1v) is 8.88. The molecule has 2 bridgehead atoms. The van der Waals surface area contributed by atoms with Crippen LogP contribution in [0.25, 0.3) is 0 Å². The first-order valence-electron chi connectivity index (χ1n) is 8.88. The van der Waals surface area contributed by atoms with E-state index in [-0.39, 0.29) is 0 Å². The summed E-state index contributed by atoms with van der Waals surface area (Å²) >= 11 is 0. The summed E-state index contributed by atoms with van der Waals surface area (Å²) in [7, 11) is 2.28. The quantitative estimate of drug-likeness (QED) is 0.825. The van der Waals surface area contributed by atoms with E-state index in [1.54, 1.807) is 0 Å². The molecule has 0 radical (unpaired) electrons. The summed E-state index contributed by atoms with van der Waals surface area (Å²) in [5.74, 6) is 1.39. The minimum absolute atomic E-state index is 0.322. The molecule has 3 unspecified atom stereocenters. The Balaban J connectivity index is 1.25. The molecule has 4 aliphatic rings. The van der Waals surface area contributed by atoms with Gasteiger partial charge in [-0.15, -0.1) is 0 Å². The average molecular weight is 291 g/mol. The smallest absolute Gasteiger partial charge is 0.223 e. The highest BCUT2D eigenvalue weighted by molar-refractivity contribution is 5.82. The lowest BCUT2D eigenvalue weighted by Crippen LogP contribution is -2.43. The van der Waals surface area contributed by atoms with Crippen molar-refractivity contribution in [2.45, 2.75) is 57.0 Å². The van der Waals surface area contributed by atoms with Gasteiger partial charge in [-0.05, 0) is 76.4 Å². The van der Waals surface area contributed by atoms with Crippen molar-refractivity contribution in [1.29, 1.82) is 0 Å². The Kier molecular flexibility index (Phi) is 3.49. The largest absolute Gasteiger partial charge is 0.356 e. The fourth-order valence-electron chi connectivity index (χ4n) is 5.25. The summed E-state index contributed by atoms with van der Waals surface area (Å²) in [6.07, 6.45) is 8.83. The van der Waals surface area contributed by atoms with E-state index < -0.39 is 0 Å². The summed E-state index contributed by atoms with van der Waals surface area (Å²) < 4.78 is 0. The zero-order chi connectivity index (χ0) is 14.4. The summed E-state index contributed by atoms with van der Waals surface area (Å²) in [6, 6.07) is 1.56. The van der Waals surface area contributed by atoms with Gasteiger partial charge < -0.3 is 15.5 Å². The molecule has 3 atom stereocenters. The van der Waals surface area contributed by atoms with Gasteiger partial charge in [-0.1, -0.05) is 0 Å². The van der Waals surface area contributed by atoms with Gasteiger partial charge in [0, 0.05) is 24.5 Å². The van der Waals surface area contributed by atoms with Gasteiger partial charge in [0.2, 0.25) is 5.91 Å². The van der Waals surface area contributed by atoms with Gasteiger partial charge in [-0.3, -0.25) is 4.79 Å². The van der Waals surface area contributed by atoms with E-state index in [4.69, 9.17) is 0 Å². The Hall–Kier alpha value is -0.610. The number of nitrogens with one attached hydrogen (secondary N) is 2. The highest BCUT2D eigenvalue weighted by Gasteiger charge is 2.57. The van der Waals surface area contributed by atoms with Crippen LogP contribution in [0.15, 0.2) is 0 Å². The van der Waals surface area contributed by atoms with E-state index in [1.165, 1.54) is 38.5 Å². The van der Waals surface area contributed by atoms with Crippen molar-refractivity contribution >= 4 is 5.91 Å². The molecule has 0 aromatic rings. The van der Waals surface area contributed by atoms with Crippen LogP contribution in [0.3, 0.4) is 0 Å². The number of carbonyl (C=O) groups is 1. The number of hydrogen-bond acceptors (Lipinski definition) is 3. The minimum atomic E-state index is 0.322. The lowest BCUT2D eigenvalue weighted by molar-refractivity contribution is -0.123. The maximum atomic E-state index is 12.4. The number of carbonyl (C=O) groups excluding carboxylic acids is 1. The third-order valence-corrected chi connectivity index (χ3v) is 6.87. The van der Waals surface area contributed by atoms with Gasteiger partial charge in [-0.25, -0.2) is 0 Å². The number of piperidine rings is 2. The van der Waals surface area contributed by atoms with Crippen LogP contribution in [-0.2, 0) is 4.79 Å². The predicted octanol–water partition coefficient (Wildman–Crippen LogP) is 1.37.